The van der Waals surface area contributed by atoms with Gasteiger partial charge in [0.05, 0.1) is 12.6 Å². The van der Waals surface area contributed by atoms with Crippen molar-refractivity contribution in [2.24, 2.45) is 5.92 Å². The molecule has 0 bridgehead atoms. The Morgan fingerprint density at radius 2 is 1.89 bits per heavy atom. The maximum Gasteiger partial charge on any atom is 0.287 e. The van der Waals surface area contributed by atoms with E-state index < -0.39 is 0 Å². The monoisotopic (exact) mass is 368 g/mol. The fraction of sp³-hybridized carbons (Fsp3) is 0.500. The van der Waals surface area contributed by atoms with Crippen molar-refractivity contribution in [1.29, 1.82) is 0 Å². The van der Waals surface area contributed by atoms with Crippen molar-refractivity contribution in [2.45, 2.75) is 50.8 Å². The Morgan fingerprint density at radius 3 is 2.59 bits per heavy atom. The molecule has 2 fully saturated rings. The first-order valence-corrected chi connectivity index (χ1v) is 10.0. The molecule has 0 unspecified atom stereocenters. The van der Waals surface area contributed by atoms with Crippen LogP contribution in [0.2, 0.25) is 0 Å². The first-order valence-electron chi connectivity index (χ1n) is 10.0. The van der Waals surface area contributed by atoms with Gasteiger partial charge in [0.1, 0.15) is 5.76 Å². The van der Waals surface area contributed by atoms with Crippen molar-refractivity contribution in [1.82, 2.24) is 10.2 Å². The molecule has 2 N–H and O–H groups in total. The van der Waals surface area contributed by atoms with Crippen LogP contribution in [0.15, 0.2) is 46.9 Å². The Bertz CT molecular complexity index is 746. The van der Waals surface area contributed by atoms with Gasteiger partial charge in [0.2, 0.25) is 0 Å². The predicted molar refractivity (Wildman–Crippen MR) is 103 cm³/mol. The van der Waals surface area contributed by atoms with Gasteiger partial charge in [0, 0.05) is 6.04 Å². The van der Waals surface area contributed by atoms with Gasteiger partial charge in [-0.1, -0.05) is 30.3 Å². The topological polar surface area (TPSA) is 65.7 Å². The lowest BCUT2D eigenvalue weighted by Gasteiger charge is -2.38. The molecule has 1 aliphatic heterocycles. The summed E-state index contributed by atoms with van der Waals surface area (Å²) in [5, 5.41) is 12.8. The maximum absolute atomic E-state index is 12.7. The van der Waals surface area contributed by atoms with Crippen LogP contribution < -0.4 is 5.32 Å². The van der Waals surface area contributed by atoms with E-state index in [1.807, 2.05) is 24.3 Å². The van der Waals surface area contributed by atoms with Gasteiger partial charge in [-0.2, -0.15) is 0 Å². The molecule has 2 aromatic rings. The molecule has 1 atom stereocenters. The van der Waals surface area contributed by atoms with E-state index in [-0.39, 0.29) is 18.1 Å². The van der Waals surface area contributed by atoms with E-state index in [0.717, 1.165) is 44.7 Å². The van der Waals surface area contributed by atoms with Gasteiger partial charge in [-0.05, 0) is 68.8 Å². The number of furan rings is 1. The Morgan fingerprint density at radius 1 is 1.15 bits per heavy atom. The van der Waals surface area contributed by atoms with Crippen LogP contribution in [0.3, 0.4) is 0 Å². The second-order valence-electron chi connectivity index (χ2n) is 7.90. The number of benzene rings is 1. The molecule has 1 aliphatic carbocycles. The van der Waals surface area contributed by atoms with Gasteiger partial charge in [-0.15, -0.1) is 0 Å². The minimum Gasteiger partial charge on any atom is -0.455 e. The number of hydrogen-bond acceptors (Lipinski definition) is 4. The molecule has 2 heterocycles. The summed E-state index contributed by atoms with van der Waals surface area (Å²) in [4.78, 5) is 15.1. The highest BCUT2D eigenvalue weighted by Gasteiger charge is 2.35. The number of nitrogens with one attached hydrogen (secondary N) is 1. The molecular weight excluding hydrogens is 340 g/mol. The third-order valence-corrected chi connectivity index (χ3v) is 5.80. The predicted octanol–water partition coefficient (Wildman–Crippen LogP) is 2.99. The van der Waals surface area contributed by atoms with Crippen LogP contribution in [0, 0.1) is 5.92 Å². The molecule has 144 valence electrons. The van der Waals surface area contributed by atoms with E-state index in [1.165, 1.54) is 18.4 Å². The number of rotatable bonds is 7. The lowest BCUT2D eigenvalue weighted by molar-refractivity contribution is 0.0236. The van der Waals surface area contributed by atoms with Crippen LogP contribution in [0.1, 0.15) is 47.6 Å². The van der Waals surface area contributed by atoms with Crippen molar-refractivity contribution in [3.63, 3.8) is 0 Å². The number of likely N-dealkylation sites (tertiary alicyclic amines) is 1. The number of carbonyl (C=O) groups excluding carboxylic acids is 1. The van der Waals surface area contributed by atoms with Crippen LogP contribution in [0.5, 0.6) is 0 Å². The van der Waals surface area contributed by atoms with E-state index >= 15 is 0 Å². The maximum atomic E-state index is 12.7. The zero-order valence-corrected chi connectivity index (χ0v) is 15.6. The summed E-state index contributed by atoms with van der Waals surface area (Å²) < 4.78 is 5.81. The van der Waals surface area contributed by atoms with E-state index in [1.54, 1.807) is 6.07 Å². The van der Waals surface area contributed by atoms with Crippen molar-refractivity contribution < 1.29 is 14.3 Å². The van der Waals surface area contributed by atoms with Gasteiger partial charge in [-0.25, -0.2) is 0 Å². The smallest absolute Gasteiger partial charge is 0.287 e. The fourth-order valence-corrected chi connectivity index (χ4v) is 4.15. The quantitative estimate of drug-likeness (QED) is 0.789. The molecule has 1 amide bonds. The van der Waals surface area contributed by atoms with Gasteiger partial charge >= 0.3 is 0 Å². The molecule has 1 aromatic heterocycles. The summed E-state index contributed by atoms with van der Waals surface area (Å²) in [5.41, 5.74) is 1.19. The van der Waals surface area contributed by atoms with Gasteiger partial charge in [-0.3, -0.25) is 9.69 Å². The second-order valence-corrected chi connectivity index (χ2v) is 7.90. The van der Waals surface area contributed by atoms with E-state index in [4.69, 9.17) is 4.42 Å². The molecule has 0 radical (unpaired) electrons. The molecule has 27 heavy (non-hydrogen) atoms. The largest absolute Gasteiger partial charge is 0.455 e. The summed E-state index contributed by atoms with van der Waals surface area (Å²) in [5.74, 6) is 1.37. The number of aliphatic hydroxyl groups excluding tert-OH is 1. The first-order chi connectivity index (χ1) is 13.2. The second kappa shape index (κ2) is 8.28. The Hall–Kier alpha value is -2.11. The molecule has 5 nitrogen and oxygen atoms in total. The average Bonchev–Trinajstić information content (AvgIpc) is 3.32. The highest BCUT2D eigenvalue weighted by atomic mass is 16.4. The van der Waals surface area contributed by atoms with Crippen LogP contribution in [-0.4, -0.2) is 41.1 Å². The normalized spacial score (nSPS) is 23.7. The van der Waals surface area contributed by atoms with Crippen LogP contribution in [-0.2, 0) is 13.0 Å². The zero-order chi connectivity index (χ0) is 18.6. The molecule has 1 aromatic carbocycles. The summed E-state index contributed by atoms with van der Waals surface area (Å²) >= 11 is 0. The summed E-state index contributed by atoms with van der Waals surface area (Å²) in [6, 6.07) is 13.9. The Balaban J connectivity index is 1.39. The molecule has 1 saturated carbocycles. The van der Waals surface area contributed by atoms with E-state index in [0.29, 0.717) is 11.7 Å². The van der Waals surface area contributed by atoms with E-state index in [2.05, 4.69) is 22.3 Å². The van der Waals surface area contributed by atoms with E-state index in [9.17, 15) is 9.90 Å². The summed E-state index contributed by atoms with van der Waals surface area (Å²) in [6.07, 6.45) is 4.50. The summed E-state index contributed by atoms with van der Waals surface area (Å²) in [6.45, 7) is 2.98. The van der Waals surface area contributed by atoms with Crippen molar-refractivity contribution in [3.8, 4) is 0 Å². The van der Waals surface area contributed by atoms with Gasteiger partial charge in [0.25, 0.3) is 5.91 Å². The van der Waals surface area contributed by atoms with Gasteiger partial charge < -0.3 is 14.8 Å². The first kappa shape index (κ1) is 18.3. The minimum atomic E-state index is -0.235. The third kappa shape index (κ3) is 4.60. The van der Waals surface area contributed by atoms with Gasteiger partial charge in [0.15, 0.2) is 5.76 Å². The number of amides is 1. The Kier molecular flexibility index (Phi) is 5.60. The number of hydrogen-bond donors (Lipinski definition) is 2. The van der Waals surface area contributed by atoms with Crippen LogP contribution >= 0.6 is 0 Å². The summed E-state index contributed by atoms with van der Waals surface area (Å²) in [7, 11) is 0. The molecular formula is C22H28N2O3. The molecule has 4 rings (SSSR count). The SMILES string of the molecule is O=C(N[C@@H](Cc1ccccc1)C1CC(O)C1)c1ccc(CN2CCCC2)o1. The van der Waals surface area contributed by atoms with Crippen molar-refractivity contribution in [2.75, 3.05) is 13.1 Å². The lowest BCUT2D eigenvalue weighted by Crippen LogP contribution is -2.48. The minimum absolute atomic E-state index is 0.00966. The Labute approximate surface area is 160 Å². The zero-order valence-electron chi connectivity index (χ0n) is 15.6. The number of aliphatic hydroxyl groups is 1. The standard InChI is InChI=1S/C22H28N2O3/c25-18-13-17(14-18)20(12-16-6-2-1-3-7-16)23-22(26)21-9-8-19(27-21)15-24-10-4-5-11-24/h1-3,6-9,17-18,20,25H,4-5,10-15H2,(H,23,26)/t17?,18?,20-/m0/s1. The number of carbonyl (C=O) groups is 1. The fourth-order valence-electron chi connectivity index (χ4n) is 4.15. The molecule has 0 spiro atoms. The molecule has 2 aliphatic rings. The highest BCUT2D eigenvalue weighted by molar-refractivity contribution is 5.91. The number of nitrogens with zero attached hydrogens (tertiary/aromatic N) is 1. The van der Waals surface area contributed by atoms with Crippen LogP contribution in [0.4, 0.5) is 0 Å². The molecule has 1 saturated heterocycles. The van der Waals surface area contributed by atoms with Crippen molar-refractivity contribution in [3.05, 3.63) is 59.5 Å². The molecule has 5 heteroatoms. The third-order valence-electron chi connectivity index (χ3n) is 5.80. The highest BCUT2D eigenvalue weighted by Crippen LogP contribution is 2.32. The van der Waals surface area contributed by atoms with Crippen LogP contribution in [0.25, 0.3) is 0 Å². The van der Waals surface area contributed by atoms with Crippen molar-refractivity contribution >= 4 is 5.91 Å². The lowest BCUT2D eigenvalue weighted by atomic mass is 9.75. The average molecular weight is 368 g/mol.